The molecule has 0 atom stereocenters. The van der Waals surface area contributed by atoms with Crippen molar-refractivity contribution >= 4 is 11.8 Å². The van der Waals surface area contributed by atoms with E-state index in [4.69, 9.17) is 0 Å². The first-order chi connectivity index (χ1) is 10.1. The Hall–Kier alpha value is -1.84. The van der Waals surface area contributed by atoms with Crippen LogP contribution in [0.5, 0.6) is 0 Å². The Kier molecular flexibility index (Phi) is 8.17. The highest BCUT2D eigenvalue weighted by Crippen LogP contribution is 2.00. The maximum atomic E-state index is 11.9. The van der Waals surface area contributed by atoms with Crippen molar-refractivity contribution in [3.05, 3.63) is 35.9 Å². The van der Waals surface area contributed by atoms with Gasteiger partial charge in [-0.15, -0.1) is 0 Å². The topological polar surface area (TPSA) is 49.4 Å². The molecular weight excluding hydrogens is 264 g/mol. The summed E-state index contributed by atoms with van der Waals surface area (Å²) >= 11 is 0. The molecule has 0 bridgehead atoms. The van der Waals surface area contributed by atoms with E-state index in [1.807, 2.05) is 30.3 Å². The summed E-state index contributed by atoms with van der Waals surface area (Å²) in [5, 5.41) is 2.87. The summed E-state index contributed by atoms with van der Waals surface area (Å²) in [5.74, 6) is -0.123. The summed E-state index contributed by atoms with van der Waals surface area (Å²) in [6.07, 6.45) is 3.95. The van der Waals surface area contributed by atoms with E-state index in [2.05, 4.69) is 12.2 Å². The van der Waals surface area contributed by atoms with Gasteiger partial charge in [-0.1, -0.05) is 50.1 Å². The maximum absolute atomic E-state index is 11.9. The van der Waals surface area contributed by atoms with Crippen LogP contribution in [0.1, 0.15) is 38.7 Å². The average Bonchev–Trinajstić information content (AvgIpc) is 2.47. The molecule has 21 heavy (non-hydrogen) atoms. The van der Waals surface area contributed by atoms with Gasteiger partial charge >= 0.3 is 0 Å². The zero-order valence-corrected chi connectivity index (χ0v) is 13.1. The predicted octanol–water partition coefficient (Wildman–Crippen LogP) is 2.38. The molecule has 0 unspecified atom stereocenters. The zero-order valence-electron chi connectivity index (χ0n) is 13.1. The Morgan fingerprint density at radius 2 is 1.86 bits per heavy atom. The van der Waals surface area contributed by atoms with E-state index >= 15 is 0 Å². The molecule has 4 heteroatoms. The molecule has 0 aromatic heterocycles. The molecule has 1 N–H and O–H groups in total. The molecule has 4 nitrogen and oxygen atoms in total. The fourth-order valence-electron chi connectivity index (χ4n) is 2.12. The van der Waals surface area contributed by atoms with Crippen molar-refractivity contribution in [1.82, 2.24) is 10.2 Å². The second-order valence-electron chi connectivity index (χ2n) is 5.23. The van der Waals surface area contributed by atoms with Crippen LogP contribution < -0.4 is 5.32 Å². The van der Waals surface area contributed by atoms with Gasteiger partial charge in [0.05, 0.1) is 6.54 Å². The highest BCUT2D eigenvalue weighted by molar-refractivity contribution is 5.83. The number of nitrogens with one attached hydrogen (secondary N) is 1. The van der Waals surface area contributed by atoms with Crippen LogP contribution in [0.4, 0.5) is 0 Å². The van der Waals surface area contributed by atoms with Crippen molar-refractivity contribution in [2.75, 3.05) is 19.6 Å². The van der Waals surface area contributed by atoms with Crippen molar-refractivity contribution in [2.24, 2.45) is 0 Å². The predicted molar refractivity (Wildman–Crippen MR) is 84.9 cm³/mol. The molecule has 0 saturated heterocycles. The van der Waals surface area contributed by atoms with Gasteiger partial charge in [-0.25, -0.2) is 0 Å². The van der Waals surface area contributed by atoms with E-state index in [0.717, 1.165) is 25.7 Å². The monoisotopic (exact) mass is 290 g/mol. The Morgan fingerprint density at radius 1 is 1.14 bits per heavy atom. The number of carbonyl (C=O) groups excluding carboxylic acids is 2. The molecule has 0 heterocycles. The lowest BCUT2D eigenvalue weighted by Gasteiger charge is -2.20. The molecule has 1 aromatic carbocycles. The summed E-state index contributed by atoms with van der Waals surface area (Å²) in [5.41, 5.74) is 1.20. The largest absolute Gasteiger partial charge is 0.354 e. The molecule has 116 valence electrons. The smallest absolute Gasteiger partial charge is 0.239 e. The first-order valence-electron chi connectivity index (χ1n) is 7.69. The number of benzene rings is 1. The van der Waals surface area contributed by atoms with Crippen LogP contribution in [0.15, 0.2) is 30.3 Å². The number of nitrogens with zero attached hydrogens (tertiary/aromatic N) is 1. The standard InChI is InChI=1S/C17H26N2O2/c1-3-4-8-13-19(15(2)20)14-17(21)18-12-11-16-9-6-5-7-10-16/h5-7,9-10H,3-4,8,11-14H2,1-2H3,(H,18,21). The average molecular weight is 290 g/mol. The minimum Gasteiger partial charge on any atom is -0.354 e. The lowest BCUT2D eigenvalue weighted by Crippen LogP contribution is -2.40. The van der Waals surface area contributed by atoms with Gasteiger partial charge in [-0.3, -0.25) is 9.59 Å². The minimum absolute atomic E-state index is 0.0377. The van der Waals surface area contributed by atoms with Crippen molar-refractivity contribution < 1.29 is 9.59 Å². The molecule has 0 saturated carbocycles. The van der Waals surface area contributed by atoms with Gasteiger partial charge in [-0.2, -0.15) is 0 Å². The third kappa shape index (κ3) is 7.49. The Morgan fingerprint density at radius 3 is 2.48 bits per heavy atom. The van der Waals surface area contributed by atoms with Crippen LogP contribution in [0.25, 0.3) is 0 Å². The normalized spacial score (nSPS) is 10.2. The summed E-state index contributed by atoms with van der Waals surface area (Å²) < 4.78 is 0. The second-order valence-corrected chi connectivity index (χ2v) is 5.23. The van der Waals surface area contributed by atoms with Crippen LogP contribution in [0, 0.1) is 0 Å². The number of amides is 2. The molecular formula is C17H26N2O2. The van der Waals surface area contributed by atoms with Gasteiger partial charge in [-0.05, 0) is 18.4 Å². The van der Waals surface area contributed by atoms with Gasteiger partial charge in [0.2, 0.25) is 11.8 Å². The van der Waals surface area contributed by atoms with Crippen LogP contribution in [-0.2, 0) is 16.0 Å². The van der Waals surface area contributed by atoms with E-state index in [1.165, 1.54) is 12.5 Å². The number of rotatable bonds is 9. The molecule has 0 aliphatic carbocycles. The van der Waals surface area contributed by atoms with E-state index in [0.29, 0.717) is 13.1 Å². The highest BCUT2D eigenvalue weighted by Gasteiger charge is 2.12. The molecule has 2 amide bonds. The van der Waals surface area contributed by atoms with Gasteiger partial charge < -0.3 is 10.2 Å². The van der Waals surface area contributed by atoms with Crippen molar-refractivity contribution in [2.45, 2.75) is 39.5 Å². The molecule has 1 rings (SSSR count). The number of carbonyl (C=O) groups is 2. The van der Waals surface area contributed by atoms with Crippen LogP contribution in [-0.4, -0.2) is 36.3 Å². The van der Waals surface area contributed by atoms with Gasteiger partial charge in [0.1, 0.15) is 0 Å². The van der Waals surface area contributed by atoms with Crippen LogP contribution >= 0.6 is 0 Å². The van der Waals surface area contributed by atoms with Crippen molar-refractivity contribution in [3.63, 3.8) is 0 Å². The van der Waals surface area contributed by atoms with E-state index < -0.39 is 0 Å². The molecule has 0 radical (unpaired) electrons. The molecule has 1 aromatic rings. The summed E-state index contributed by atoms with van der Waals surface area (Å²) in [7, 11) is 0. The van der Waals surface area contributed by atoms with Crippen LogP contribution in [0.3, 0.4) is 0 Å². The third-order valence-electron chi connectivity index (χ3n) is 3.39. The number of hydrogen-bond acceptors (Lipinski definition) is 2. The molecule has 0 aliphatic heterocycles. The van der Waals surface area contributed by atoms with Crippen LogP contribution in [0.2, 0.25) is 0 Å². The summed E-state index contributed by atoms with van der Waals surface area (Å²) in [6, 6.07) is 10.0. The Balaban J connectivity index is 2.28. The lowest BCUT2D eigenvalue weighted by atomic mass is 10.1. The first-order valence-corrected chi connectivity index (χ1v) is 7.69. The van der Waals surface area contributed by atoms with Crippen molar-refractivity contribution in [3.8, 4) is 0 Å². The fourth-order valence-corrected chi connectivity index (χ4v) is 2.12. The SMILES string of the molecule is CCCCCN(CC(=O)NCCc1ccccc1)C(C)=O. The van der Waals surface area contributed by atoms with E-state index in [9.17, 15) is 9.59 Å². The van der Waals surface area contributed by atoms with Crippen molar-refractivity contribution in [1.29, 1.82) is 0 Å². The van der Waals surface area contributed by atoms with Gasteiger partial charge in [0.15, 0.2) is 0 Å². The quantitative estimate of drug-likeness (QED) is 0.710. The Bertz CT molecular complexity index is 432. The molecule has 0 fully saturated rings. The highest BCUT2D eigenvalue weighted by atomic mass is 16.2. The van der Waals surface area contributed by atoms with E-state index in [-0.39, 0.29) is 18.4 Å². The second kappa shape index (κ2) is 9.97. The first kappa shape index (κ1) is 17.2. The molecule has 0 aliphatic rings. The minimum atomic E-state index is -0.0855. The lowest BCUT2D eigenvalue weighted by molar-refractivity contribution is -0.134. The molecule has 0 spiro atoms. The van der Waals surface area contributed by atoms with Gasteiger partial charge in [0.25, 0.3) is 0 Å². The van der Waals surface area contributed by atoms with Gasteiger partial charge in [0, 0.05) is 20.0 Å². The maximum Gasteiger partial charge on any atom is 0.239 e. The summed E-state index contributed by atoms with van der Waals surface area (Å²) in [6.45, 7) is 5.06. The Labute approximate surface area is 127 Å². The zero-order chi connectivity index (χ0) is 15.5. The number of hydrogen-bond donors (Lipinski definition) is 1. The number of unbranched alkanes of at least 4 members (excludes halogenated alkanes) is 2. The third-order valence-corrected chi connectivity index (χ3v) is 3.39. The summed E-state index contributed by atoms with van der Waals surface area (Å²) in [4.78, 5) is 25.0. The van der Waals surface area contributed by atoms with E-state index in [1.54, 1.807) is 4.90 Å². The fraction of sp³-hybridized carbons (Fsp3) is 0.529.